The molecule has 1 heterocycles. The Morgan fingerprint density at radius 1 is 1.50 bits per heavy atom. The Morgan fingerprint density at radius 3 is 3.10 bits per heavy atom. The molecule has 1 aliphatic carbocycles. The third-order valence-corrected chi connectivity index (χ3v) is 5.16. The van der Waals surface area contributed by atoms with Gasteiger partial charge in [-0.25, -0.2) is 4.98 Å². The summed E-state index contributed by atoms with van der Waals surface area (Å²) in [5, 5.41) is 1.76. The van der Waals surface area contributed by atoms with Crippen molar-refractivity contribution in [2.45, 2.75) is 38.8 Å². The van der Waals surface area contributed by atoms with Gasteiger partial charge in [-0.2, -0.15) is 0 Å². The van der Waals surface area contributed by atoms with Crippen LogP contribution in [0.15, 0.2) is 18.2 Å². The molecule has 0 spiro atoms. The molecular weight excluding hydrogens is 292 g/mol. The number of thiazole rings is 1. The maximum Gasteiger partial charge on any atom is 0.140 e. The standard InChI is InChI=1S/C15H17ClN2OS/c1-9-7-10(5-6-11(9)16)19-8-14-18-13-4-2-3-12(17)15(13)20-14/h5-7,12H,2-4,8,17H2,1H3. The fourth-order valence-electron chi connectivity index (χ4n) is 2.42. The Labute approximate surface area is 127 Å². The minimum absolute atomic E-state index is 0.155. The molecule has 2 N–H and O–H groups in total. The van der Waals surface area contributed by atoms with E-state index in [1.54, 1.807) is 11.3 Å². The lowest BCUT2D eigenvalue weighted by atomic mass is 9.99. The average Bonchev–Trinajstić information content (AvgIpc) is 2.85. The quantitative estimate of drug-likeness (QED) is 0.931. The van der Waals surface area contributed by atoms with Crippen molar-refractivity contribution < 1.29 is 4.74 Å². The van der Waals surface area contributed by atoms with Gasteiger partial charge in [-0.1, -0.05) is 11.6 Å². The van der Waals surface area contributed by atoms with Gasteiger partial charge in [0.05, 0.1) is 5.69 Å². The van der Waals surface area contributed by atoms with Gasteiger partial charge in [0.25, 0.3) is 0 Å². The van der Waals surface area contributed by atoms with Crippen molar-refractivity contribution >= 4 is 22.9 Å². The summed E-state index contributed by atoms with van der Waals surface area (Å²) < 4.78 is 5.79. The van der Waals surface area contributed by atoms with Gasteiger partial charge in [0.1, 0.15) is 17.4 Å². The third kappa shape index (κ3) is 2.82. The number of aromatic nitrogens is 1. The number of hydrogen-bond acceptors (Lipinski definition) is 4. The highest BCUT2D eigenvalue weighted by molar-refractivity contribution is 7.11. The molecule has 0 bridgehead atoms. The lowest BCUT2D eigenvalue weighted by Gasteiger charge is -2.15. The SMILES string of the molecule is Cc1cc(OCc2nc3c(s2)C(N)CCC3)ccc1Cl. The molecule has 1 atom stereocenters. The fourth-order valence-corrected chi connectivity index (χ4v) is 3.60. The van der Waals surface area contributed by atoms with E-state index in [0.29, 0.717) is 6.61 Å². The molecule has 106 valence electrons. The van der Waals surface area contributed by atoms with Crippen molar-refractivity contribution in [1.82, 2.24) is 4.98 Å². The molecule has 3 nitrogen and oxygen atoms in total. The van der Waals surface area contributed by atoms with E-state index >= 15 is 0 Å². The van der Waals surface area contributed by atoms with Crippen molar-refractivity contribution in [3.8, 4) is 5.75 Å². The first kappa shape index (κ1) is 13.9. The number of aryl methyl sites for hydroxylation is 2. The Kier molecular flexibility index (Phi) is 3.96. The van der Waals surface area contributed by atoms with Crippen molar-refractivity contribution in [2.75, 3.05) is 0 Å². The number of rotatable bonds is 3. The number of fused-ring (bicyclic) bond motifs is 1. The van der Waals surface area contributed by atoms with E-state index in [1.807, 2.05) is 25.1 Å². The van der Waals surface area contributed by atoms with E-state index in [2.05, 4.69) is 4.98 Å². The molecule has 1 aliphatic rings. The summed E-state index contributed by atoms with van der Waals surface area (Å²) in [6.07, 6.45) is 3.24. The summed E-state index contributed by atoms with van der Waals surface area (Å²) >= 11 is 7.69. The van der Waals surface area contributed by atoms with Gasteiger partial charge in [-0.15, -0.1) is 11.3 Å². The van der Waals surface area contributed by atoms with Gasteiger partial charge in [0, 0.05) is 15.9 Å². The van der Waals surface area contributed by atoms with Crippen LogP contribution < -0.4 is 10.5 Å². The van der Waals surface area contributed by atoms with E-state index < -0.39 is 0 Å². The summed E-state index contributed by atoms with van der Waals surface area (Å²) in [5.74, 6) is 0.823. The number of ether oxygens (including phenoxy) is 1. The van der Waals surface area contributed by atoms with E-state index in [9.17, 15) is 0 Å². The predicted octanol–water partition coefficient (Wildman–Crippen LogP) is 4.02. The molecule has 0 saturated heterocycles. The van der Waals surface area contributed by atoms with Crippen LogP contribution in [-0.4, -0.2) is 4.98 Å². The first-order valence-corrected chi connectivity index (χ1v) is 7.96. The molecule has 1 aromatic heterocycles. The van der Waals surface area contributed by atoms with Gasteiger partial charge >= 0.3 is 0 Å². The lowest BCUT2D eigenvalue weighted by Crippen LogP contribution is -2.15. The second-order valence-corrected chi connectivity index (χ2v) is 6.64. The van der Waals surface area contributed by atoms with Crippen LogP contribution >= 0.6 is 22.9 Å². The molecule has 0 amide bonds. The molecule has 1 unspecified atom stereocenters. The maximum absolute atomic E-state index is 6.12. The van der Waals surface area contributed by atoms with E-state index in [4.69, 9.17) is 22.1 Å². The highest BCUT2D eigenvalue weighted by Gasteiger charge is 2.21. The van der Waals surface area contributed by atoms with Crippen LogP contribution in [0.1, 0.15) is 40.0 Å². The van der Waals surface area contributed by atoms with E-state index in [1.165, 1.54) is 10.6 Å². The predicted molar refractivity (Wildman–Crippen MR) is 82.5 cm³/mol. The molecule has 0 saturated carbocycles. The van der Waals surface area contributed by atoms with Gasteiger partial charge < -0.3 is 10.5 Å². The Morgan fingerprint density at radius 2 is 2.35 bits per heavy atom. The fraction of sp³-hybridized carbons (Fsp3) is 0.400. The zero-order chi connectivity index (χ0) is 14.1. The highest BCUT2D eigenvalue weighted by Crippen LogP contribution is 2.33. The van der Waals surface area contributed by atoms with Gasteiger partial charge in [-0.3, -0.25) is 0 Å². The number of halogens is 1. The van der Waals surface area contributed by atoms with Crippen molar-refractivity contribution in [3.63, 3.8) is 0 Å². The molecule has 3 rings (SSSR count). The minimum Gasteiger partial charge on any atom is -0.486 e. The minimum atomic E-state index is 0.155. The first-order chi connectivity index (χ1) is 9.63. The summed E-state index contributed by atoms with van der Waals surface area (Å²) in [6.45, 7) is 2.46. The van der Waals surface area contributed by atoms with E-state index in [-0.39, 0.29) is 6.04 Å². The maximum atomic E-state index is 6.12. The second kappa shape index (κ2) is 5.72. The van der Waals surface area contributed by atoms with Crippen LogP contribution in [0, 0.1) is 6.92 Å². The zero-order valence-corrected chi connectivity index (χ0v) is 12.9. The van der Waals surface area contributed by atoms with Gasteiger partial charge in [0.15, 0.2) is 0 Å². The van der Waals surface area contributed by atoms with Crippen molar-refractivity contribution in [3.05, 3.63) is 44.4 Å². The molecule has 0 fully saturated rings. The molecule has 5 heteroatoms. The first-order valence-electron chi connectivity index (χ1n) is 6.76. The van der Waals surface area contributed by atoms with Crippen LogP contribution in [0.5, 0.6) is 5.75 Å². The van der Waals surface area contributed by atoms with Crippen LogP contribution in [0.3, 0.4) is 0 Å². The van der Waals surface area contributed by atoms with Crippen molar-refractivity contribution in [2.24, 2.45) is 5.73 Å². The molecule has 0 radical (unpaired) electrons. The summed E-state index contributed by atoms with van der Waals surface area (Å²) in [6, 6.07) is 5.84. The molecule has 0 aliphatic heterocycles. The van der Waals surface area contributed by atoms with Crippen LogP contribution in [-0.2, 0) is 13.0 Å². The molecule has 20 heavy (non-hydrogen) atoms. The number of hydrogen-bond donors (Lipinski definition) is 1. The number of nitrogens with zero attached hydrogens (tertiary/aromatic N) is 1. The smallest absolute Gasteiger partial charge is 0.140 e. The van der Waals surface area contributed by atoms with Crippen LogP contribution in [0.25, 0.3) is 0 Å². The summed E-state index contributed by atoms with van der Waals surface area (Å²) in [7, 11) is 0. The Hall–Kier alpha value is -1.10. The molecular formula is C15H17ClN2OS. The van der Waals surface area contributed by atoms with Crippen LogP contribution in [0.2, 0.25) is 5.02 Å². The average molecular weight is 309 g/mol. The summed E-state index contributed by atoms with van der Waals surface area (Å²) in [4.78, 5) is 5.88. The van der Waals surface area contributed by atoms with Gasteiger partial charge in [-0.05, 0) is 49.9 Å². The zero-order valence-electron chi connectivity index (χ0n) is 11.4. The largest absolute Gasteiger partial charge is 0.486 e. The third-order valence-electron chi connectivity index (χ3n) is 3.53. The Balaban J connectivity index is 1.71. The lowest BCUT2D eigenvalue weighted by molar-refractivity contribution is 0.305. The van der Waals surface area contributed by atoms with Gasteiger partial charge in [0.2, 0.25) is 0 Å². The number of nitrogens with two attached hydrogens (primary N) is 1. The molecule has 1 aromatic carbocycles. The molecule has 2 aromatic rings. The topological polar surface area (TPSA) is 48.1 Å². The Bertz CT molecular complexity index is 626. The number of benzene rings is 1. The summed E-state index contributed by atoms with van der Waals surface area (Å²) in [5.41, 5.74) is 8.30. The highest BCUT2D eigenvalue weighted by atomic mass is 35.5. The van der Waals surface area contributed by atoms with Crippen molar-refractivity contribution in [1.29, 1.82) is 0 Å². The monoisotopic (exact) mass is 308 g/mol. The van der Waals surface area contributed by atoms with Crippen LogP contribution in [0.4, 0.5) is 0 Å². The second-order valence-electron chi connectivity index (χ2n) is 5.12. The normalized spacial score (nSPS) is 17.9. The van der Waals surface area contributed by atoms with E-state index in [0.717, 1.165) is 40.6 Å².